The molecule has 2 N–H and O–H groups in total. The number of aromatic amines is 1. The number of carbonyl (C=O) groups is 1. The first-order valence-corrected chi connectivity index (χ1v) is 8.78. The highest BCUT2D eigenvalue weighted by atomic mass is 16.5. The van der Waals surface area contributed by atoms with Gasteiger partial charge in [0.2, 0.25) is 0 Å². The molecular formula is C19H25N3O3. The second-order valence-corrected chi connectivity index (χ2v) is 6.57. The van der Waals surface area contributed by atoms with E-state index in [-0.39, 0.29) is 5.91 Å². The number of nitrogens with zero attached hydrogens (tertiary/aromatic N) is 1. The highest BCUT2D eigenvalue weighted by molar-refractivity contribution is 5.93. The number of rotatable bonds is 7. The van der Waals surface area contributed by atoms with Crippen LogP contribution in [0.3, 0.4) is 0 Å². The summed E-state index contributed by atoms with van der Waals surface area (Å²) in [7, 11) is 1.66. The molecule has 1 fully saturated rings. The minimum atomic E-state index is -0.0581. The third kappa shape index (κ3) is 4.98. The van der Waals surface area contributed by atoms with Crippen LogP contribution in [0.1, 0.15) is 36.0 Å². The fraction of sp³-hybridized carbons (Fsp3) is 0.474. The molecule has 0 saturated heterocycles. The van der Waals surface area contributed by atoms with Gasteiger partial charge in [-0.25, -0.2) is 0 Å². The molecule has 0 spiro atoms. The van der Waals surface area contributed by atoms with E-state index in [2.05, 4.69) is 15.5 Å². The Hall–Kier alpha value is -2.50. The van der Waals surface area contributed by atoms with Gasteiger partial charge in [-0.1, -0.05) is 6.07 Å². The van der Waals surface area contributed by atoms with Gasteiger partial charge in [0.15, 0.2) is 0 Å². The third-order valence-corrected chi connectivity index (χ3v) is 4.80. The molecule has 6 heteroatoms. The summed E-state index contributed by atoms with van der Waals surface area (Å²) < 4.78 is 11.1. The number of ether oxygens (including phenoxy) is 2. The van der Waals surface area contributed by atoms with Crippen molar-refractivity contribution in [2.45, 2.75) is 25.7 Å². The minimum Gasteiger partial charge on any atom is -0.497 e. The van der Waals surface area contributed by atoms with Crippen LogP contribution >= 0.6 is 0 Å². The highest BCUT2D eigenvalue weighted by Crippen LogP contribution is 2.29. The molecule has 25 heavy (non-hydrogen) atoms. The van der Waals surface area contributed by atoms with Gasteiger partial charge in [-0.2, -0.15) is 5.10 Å². The van der Waals surface area contributed by atoms with Crippen molar-refractivity contribution >= 4 is 5.91 Å². The second kappa shape index (κ2) is 8.55. The van der Waals surface area contributed by atoms with Gasteiger partial charge in [-0.15, -0.1) is 0 Å². The van der Waals surface area contributed by atoms with E-state index in [0.717, 1.165) is 50.3 Å². The van der Waals surface area contributed by atoms with Gasteiger partial charge < -0.3 is 14.8 Å². The number of H-pyrrole nitrogens is 1. The molecule has 1 saturated carbocycles. The number of aromatic nitrogens is 2. The van der Waals surface area contributed by atoms with Gasteiger partial charge in [-0.05, 0) is 49.7 Å². The van der Waals surface area contributed by atoms with Crippen molar-refractivity contribution in [3.8, 4) is 11.5 Å². The van der Waals surface area contributed by atoms with E-state index < -0.39 is 0 Å². The zero-order chi connectivity index (χ0) is 17.5. The van der Waals surface area contributed by atoms with Crippen molar-refractivity contribution in [3.05, 3.63) is 42.2 Å². The number of methoxy groups -OCH3 is 1. The summed E-state index contributed by atoms with van der Waals surface area (Å²) in [5, 5.41) is 9.45. The summed E-state index contributed by atoms with van der Waals surface area (Å²) in [5.41, 5.74) is 0.584. The standard InChI is InChI=1S/C19H25N3O3/c1-24-17-3-2-4-18(9-17)25-13-15-7-5-14(6-8-15)10-20-19(23)16-11-21-22-12-16/h2-4,9,11-12,14-15H,5-8,10,13H2,1H3,(H,20,23)(H,21,22). The molecule has 1 aliphatic rings. The molecule has 0 aliphatic heterocycles. The largest absolute Gasteiger partial charge is 0.497 e. The summed E-state index contributed by atoms with van der Waals surface area (Å²) in [6, 6.07) is 7.72. The third-order valence-electron chi connectivity index (χ3n) is 4.80. The molecule has 0 radical (unpaired) electrons. The molecule has 6 nitrogen and oxygen atoms in total. The zero-order valence-electron chi connectivity index (χ0n) is 14.5. The van der Waals surface area contributed by atoms with Crippen LogP contribution in [0, 0.1) is 11.8 Å². The van der Waals surface area contributed by atoms with Gasteiger partial charge in [-0.3, -0.25) is 9.89 Å². The van der Waals surface area contributed by atoms with Crippen LogP contribution in [0.25, 0.3) is 0 Å². The number of hydrogen-bond acceptors (Lipinski definition) is 4. The first-order chi connectivity index (χ1) is 12.2. The Bertz CT molecular complexity index is 664. The van der Waals surface area contributed by atoms with Gasteiger partial charge >= 0.3 is 0 Å². The molecule has 1 amide bonds. The van der Waals surface area contributed by atoms with E-state index in [0.29, 0.717) is 17.4 Å². The lowest BCUT2D eigenvalue weighted by Gasteiger charge is -2.28. The zero-order valence-corrected chi connectivity index (χ0v) is 14.5. The first-order valence-electron chi connectivity index (χ1n) is 8.78. The lowest BCUT2D eigenvalue weighted by molar-refractivity contribution is 0.0938. The van der Waals surface area contributed by atoms with Crippen LogP contribution in [0.4, 0.5) is 0 Å². The molecule has 1 aliphatic carbocycles. The number of hydrogen-bond donors (Lipinski definition) is 2. The van der Waals surface area contributed by atoms with Crippen LogP contribution in [-0.2, 0) is 0 Å². The molecule has 1 heterocycles. The van der Waals surface area contributed by atoms with E-state index >= 15 is 0 Å². The Balaban J connectivity index is 1.36. The molecule has 2 aromatic rings. The highest BCUT2D eigenvalue weighted by Gasteiger charge is 2.22. The predicted molar refractivity (Wildman–Crippen MR) is 94.9 cm³/mol. The van der Waals surface area contributed by atoms with Crippen LogP contribution in [0.5, 0.6) is 11.5 Å². The minimum absolute atomic E-state index is 0.0581. The first kappa shape index (κ1) is 17.3. The Labute approximate surface area is 147 Å². The molecule has 0 unspecified atom stereocenters. The normalized spacial score (nSPS) is 20.0. The predicted octanol–water partition coefficient (Wildman–Crippen LogP) is 3.03. The van der Waals surface area contributed by atoms with Crippen molar-refractivity contribution in [3.63, 3.8) is 0 Å². The van der Waals surface area contributed by atoms with E-state index in [1.165, 1.54) is 0 Å². The lowest BCUT2D eigenvalue weighted by atomic mass is 9.82. The van der Waals surface area contributed by atoms with Crippen molar-refractivity contribution in [1.29, 1.82) is 0 Å². The van der Waals surface area contributed by atoms with Crippen LogP contribution in [0.15, 0.2) is 36.7 Å². The van der Waals surface area contributed by atoms with Crippen LogP contribution < -0.4 is 14.8 Å². The summed E-state index contributed by atoms with van der Waals surface area (Å²) in [4.78, 5) is 11.9. The molecule has 1 aromatic carbocycles. The van der Waals surface area contributed by atoms with Crippen molar-refractivity contribution < 1.29 is 14.3 Å². The lowest BCUT2D eigenvalue weighted by Crippen LogP contribution is -2.31. The Morgan fingerprint density at radius 3 is 2.72 bits per heavy atom. The Morgan fingerprint density at radius 2 is 2.00 bits per heavy atom. The Kier molecular flexibility index (Phi) is 5.93. The fourth-order valence-corrected chi connectivity index (χ4v) is 3.22. The second-order valence-electron chi connectivity index (χ2n) is 6.57. The van der Waals surface area contributed by atoms with E-state index in [1.807, 2.05) is 24.3 Å². The molecule has 1 aromatic heterocycles. The van der Waals surface area contributed by atoms with Gasteiger partial charge in [0.25, 0.3) is 5.91 Å². The van der Waals surface area contributed by atoms with Gasteiger partial charge in [0, 0.05) is 18.8 Å². The van der Waals surface area contributed by atoms with Crippen molar-refractivity contribution in [2.75, 3.05) is 20.3 Å². The average molecular weight is 343 g/mol. The van der Waals surface area contributed by atoms with Gasteiger partial charge in [0.05, 0.1) is 25.5 Å². The molecular weight excluding hydrogens is 318 g/mol. The molecule has 134 valence electrons. The van der Waals surface area contributed by atoms with Crippen molar-refractivity contribution in [2.24, 2.45) is 11.8 Å². The number of carbonyl (C=O) groups excluding carboxylic acids is 1. The maximum Gasteiger partial charge on any atom is 0.254 e. The molecule has 0 atom stereocenters. The summed E-state index contributed by atoms with van der Waals surface area (Å²) in [6.45, 7) is 1.47. The smallest absolute Gasteiger partial charge is 0.254 e. The van der Waals surface area contributed by atoms with E-state index in [1.54, 1.807) is 19.5 Å². The maximum atomic E-state index is 11.9. The molecule has 0 bridgehead atoms. The molecule has 3 rings (SSSR count). The van der Waals surface area contributed by atoms with Crippen LogP contribution in [0.2, 0.25) is 0 Å². The average Bonchev–Trinajstić information content (AvgIpc) is 3.20. The maximum absolute atomic E-state index is 11.9. The monoisotopic (exact) mass is 343 g/mol. The summed E-state index contributed by atoms with van der Waals surface area (Å²) in [5.74, 6) is 2.73. The van der Waals surface area contributed by atoms with Gasteiger partial charge in [0.1, 0.15) is 11.5 Å². The topological polar surface area (TPSA) is 76.2 Å². The van der Waals surface area contributed by atoms with E-state index in [9.17, 15) is 4.79 Å². The SMILES string of the molecule is COc1cccc(OCC2CCC(CNC(=O)c3cn[nH]c3)CC2)c1. The van der Waals surface area contributed by atoms with E-state index in [4.69, 9.17) is 9.47 Å². The van der Waals surface area contributed by atoms with Crippen LogP contribution in [-0.4, -0.2) is 36.4 Å². The number of nitrogens with one attached hydrogen (secondary N) is 2. The summed E-state index contributed by atoms with van der Waals surface area (Å²) >= 11 is 0. The summed E-state index contributed by atoms with van der Waals surface area (Å²) in [6.07, 6.45) is 7.67. The number of amides is 1. The Morgan fingerprint density at radius 1 is 1.24 bits per heavy atom. The number of benzene rings is 1. The fourth-order valence-electron chi connectivity index (χ4n) is 3.22. The van der Waals surface area contributed by atoms with Crippen molar-refractivity contribution in [1.82, 2.24) is 15.5 Å². The quantitative estimate of drug-likeness (QED) is 0.810.